The fraction of sp³-hybridized carbons (Fsp3) is 0.750. The summed E-state index contributed by atoms with van der Waals surface area (Å²) in [5, 5.41) is 12.3. The molecule has 1 saturated carbocycles. The Hall–Kier alpha value is -1.40. The lowest BCUT2D eigenvalue weighted by Crippen LogP contribution is -2.42. The van der Waals surface area contributed by atoms with Gasteiger partial charge in [0.25, 0.3) is 0 Å². The van der Waals surface area contributed by atoms with E-state index in [0.717, 1.165) is 45.7 Å². The third-order valence-electron chi connectivity index (χ3n) is 5.10. The van der Waals surface area contributed by atoms with Gasteiger partial charge < -0.3 is 15.2 Å². The van der Waals surface area contributed by atoms with Gasteiger partial charge in [0, 0.05) is 19.6 Å². The Kier molecular flexibility index (Phi) is 4.78. The van der Waals surface area contributed by atoms with Gasteiger partial charge in [-0.25, -0.2) is 0 Å². The first-order chi connectivity index (χ1) is 10.7. The minimum atomic E-state index is -0.842. The minimum absolute atomic E-state index is 0.0339. The molecule has 122 valence electrons. The Morgan fingerprint density at radius 1 is 1.18 bits per heavy atom. The molecule has 0 aromatic rings. The lowest BCUT2D eigenvalue weighted by atomic mass is 9.82. The van der Waals surface area contributed by atoms with Gasteiger partial charge in [-0.1, -0.05) is 12.2 Å². The summed E-state index contributed by atoms with van der Waals surface area (Å²) in [6.07, 6.45) is 5.68. The van der Waals surface area contributed by atoms with Crippen LogP contribution >= 0.6 is 0 Å². The summed E-state index contributed by atoms with van der Waals surface area (Å²) in [5.41, 5.74) is 0. The standard InChI is InChI=1S/C16H24N2O4/c19-15(17-4-1-5-18-6-8-22-9-7-18)13-11-2-3-12(10-11)14(13)16(20)21/h2-3,11-14H,1,4-10H2,(H,17,19)(H,20,21)/t11-,12-,13+,14+/m0/s1. The predicted molar refractivity (Wildman–Crippen MR) is 80.2 cm³/mol. The van der Waals surface area contributed by atoms with Gasteiger partial charge in [-0.15, -0.1) is 0 Å². The zero-order valence-electron chi connectivity index (χ0n) is 12.7. The SMILES string of the molecule is O=C(O)[C@H]1[C@H](C(=O)NCCCN2CCOCC2)[C@H]2C=C[C@H]1C2. The van der Waals surface area contributed by atoms with Crippen molar-refractivity contribution in [3.05, 3.63) is 12.2 Å². The minimum Gasteiger partial charge on any atom is -0.481 e. The van der Waals surface area contributed by atoms with Crippen LogP contribution in [0.15, 0.2) is 12.2 Å². The number of ether oxygens (including phenoxy) is 1. The van der Waals surface area contributed by atoms with E-state index in [2.05, 4.69) is 10.2 Å². The predicted octanol–water partition coefficient (Wildman–Crippen LogP) is 0.348. The van der Waals surface area contributed by atoms with Crippen LogP contribution < -0.4 is 5.32 Å². The van der Waals surface area contributed by atoms with Crippen LogP contribution in [0.2, 0.25) is 0 Å². The number of allylic oxidation sites excluding steroid dienone is 2. The van der Waals surface area contributed by atoms with Crippen LogP contribution in [0.25, 0.3) is 0 Å². The zero-order chi connectivity index (χ0) is 15.5. The van der Waals surface area contributed by atoms with Crippen LogP contribution in [-0.4, -0.2) is 61.3 Å². The van der Waals surface area contributed by atoms with Gasteiger partial charge in [0.2, 0.25) is 5.91 Å². The molecule has 2 aliphatic carbocycles. The quantitative estimate of drug-likeness (QED) is 0.547. The van der Waals surface area contributed by atoms with Crippen molar-refractivity contribution in [2.75, 3.05) is 39.4 Å². The lowest BCUT2D eigenvalue weighted by molar-refractivity contribution is -0.147. The van der Waals surface area contributed by atoms with Crippen LogP contribution in [0.3, 0.4) is 0 Å². The third-order valence-corrected chi connectivity index (χ3v) is 5.10. The molecule has 6 nitrogen and oxygen atoms in total. The number of amides is 1. The molecule has 0 radical (unpaired) electrons. The first-order valence-electron chi connectivity index (χ1n) is 8.16. The number of carboxylic acids is 1. The lowest BCUT2D eigenvalue weighted by Gasteiger charge is -2.27. The maximum absolute atomic E-state index is 12.4. The first kappa shape index (κ1) is 15.5. The van der Waals surface area contributed by atoms with E-state index >= 15 is 0 Å². The Morgan fingerprint density at radius 3 is 2.55 bits per heavy atom. The number of carboxylic acid groups (broad SMARTS) is 1. The van der Waals surface area contributed by atoms with Crippen LogP contribution in [0.4, 0.5) is 0 Å². The van der Waals surface area contributed by atoms with E-state index in [1.165, 1.54) is 0 Å². The molecule has 1 heterocycles. The van der Waals surface area contributed by atoms with Gasteiger partial charge in [0.05, 0.1) is 25.0 Å². The molecule has 0 aromatic heterocycles. The van der Waals surface area contributed by atoms with E-state index in [4.69, 9.17) is 4.74 Å². The largest absolute Gasteiger partial charge is 0.481 e. The Balaban J connectivity index is 1.43. The number of carbonyl (C=O) groups excluding carboxylic acids is 1. The van der Waals surface area contributed by atoms with Gasteiger partial charge in [-0.05, 0) is 31.2 Å². The topological polar surface area (TPSA) is 78.9 Å². The molecule has 1 aliphatic heterocycles. The number of hydrogen-bond acceptors (Lipinski definition) is 4. The normalized spacial score (nSPS) is 34.0. The number of morpholine rings is 1. The first-order valence-corrected chi connectivity index (χ1v) is 8.16. The molecule has 2 N–H and O–H groups in total. The highest BCUT2D eigenvalue weighted by Gasteiger charge is 2.51. The van der Waals surface area contributed by atoms with Gasteiger partial charge in [0.15, 0.2) is 0 Å². The number of aliphatic carboxylic acids is 1. The van der Waals surface area contributed by atoms with E-state index in [0.29, 0.717) is 6.54 Å². The van der Waals surface area contributed by atoms with E-state index < -0.39 is 17.8 Å². The van der Waals surface area contributed by atoms with Crippen LogP contribution in [-0.2, 0) is 14.3 Å². The number of nitrogens with one attached hydrogen (secondary N) is 1. The molecular weight excluding hydrogens is 284 g/mol. The zero-order valence-corrected chi connectivity index (χ0v) is 12.7. The van der Waals surface area contributed by atoms with Crippen LogP contribution in [0, 0.1) is 23.7 Å². The molecule has 2 bridgehead atoms. The molecule has 1 amide bonds. The van der Waals surface area contributed by atoms with E-state index in [1.54, 1.807) is 0 Å². The van der Waals surface area contributed by atoms with Crippen molar-refractivity contribution in [2.24, 2.45) is 23.7 Å². The van der Waals surface area contributed by atoms with Crippen molar-refractivity contribution in [1.29, 1.82) is 0 Å². The van der Waals surface area contributed by atoms with Gasteiger partial charge in [-0.3, -0.25) is 14.5 Å². The van der Waals surface area contributed by atoms with Crippen molar-refractivity contribution in [3.8, 4) is 0 Å². The summed E-state index contributed by atoms with van der Waals surface area (Å²) in [4.78, 5) is 26.1. The molecule has 22 heavy (non-hydrogen) atoms. The second-order valence-electron chi connectivity index (χ2n) is 6.44. The van der Waals surface area contributed by atoms with E-state index in [-0.39, 0.29) is 17.7 Å². The maximum Gasteiger partial charge on any atom is 0.307 e. The molecule has 0 spiro atoms. The fourth-order valence-corrected chi connectivity index (χ4v) is 3.97. The Bertz CT molecular complexity index is 459. The van der Waals surface area contributed by atoms with Crippen molar-refractivity contribution in [2.45, 2.75) is 12.8 Å². The summed E-state index contributed by atoms with van der Waals surface area (Å²) in [5.74, 6) is -1.74. The highest BCUT2D eigenvalue weighted by Crippen LogP contribution is 2.48. The third kappa shape index (κ3) is 3.17. The molecule has 3 aliphatic rings. The number of carbonyl (C=O) groups is 2. The molecule has 4 atom stereocenters. The Morgan fingerprint density at radius 2 is 1.86 bits per heavy atom. The second-order valence-corrected chi connectivity index (χ2v) is 6.44. The van der Waals surface area contributed by atoms with Crippen LogP contribution in [0.5, 0.6) is 0 Å². The summed E-state index contributed by atoms with van der Waals surface area (Å²) < 4.78 is 5.30. The van der Waals surface area contributed by atoms with Gasteiger partial charge in [-0.2, -0.15) is 0 Å². The molecule has 2 fully saturated rings. The second kappa shape index (κ2) is 6.79. The molecule has 1 saturated heterocycles. The summed E-state index contributed by atoms with van der Waals surface area (Å²) in [7, 11) is 0. The van der Waals surface area contributed by atoms with Crippen molar-refractivity contribution in [3.63, 3.8) is 0 Å². The van der Waals surface area contributed by atoms with Crippen molar-refractivity contribution < 1.29 is 19.4 Å². The summed E-state index contributed by atoms with van der Waals surface area (Å²) in [6.45, 7) is 5.02. The van der Waals surface area contributed by atoms with Crippen LogP contribution in [0.1, 0.15) is 12.8 Å². The average Bonchev–Trinajstić information content (AvgIpc) is 3.13. The molecule has 0 unspecified atom stereocenters. The van der Waals surface area contributed by atoms with Crippen molar-refractivity contribution >= 4 is 11.9 Å². The number of nitrogens with zero attached hydrogens (tertiary/aromatic N) is 1. The fourth-order valence-electron chi connectivity index (χ4n) is 3.97. The number of rotatable bonds is 6. The van der Waals surface area contributed by atoms with E-state index in [9.17, 15) is 14.7 Å². The number of fused-ring (bicyclic) bond motifs is 2. The van der Waals surface area contributed by atoms with Gasteiger partial charge >= 0.3 is 5.97 Å². The Labute approximate surface area is 130 Å². The molecule has 6 heteroatoms. The summed E-state index contributed by atoms with van der Waals surface area (Å²) in [6, 6.07) is 0. The highest BCUT2D eigenvalue weighted by molar-refractivity contribution is 5.86. The smallest absolute Gasteiger partial charge is 0.307 e. The van der Waals surface area contributed by atoms with E-state index in [1.807, 2.05) is 12.2 Å². The summed E-state index contributed by atoms with van der Waals surface area (Å²) >= 11 is 0. The molecular formula is C16H24N2O4. The maximum atomic E-state index is 12.4. The molecule has 0 aromatic carbocycles. The number of hydrogen-bond donors (Lipinski definition) is 2. The monoisotopic (exact) mass is 308 g/mol. The van der Waals surface area contributed by atoms with Crippen molar-refractivity contribution in [1.82, 2.24) is 10.2 Å². The highest BCUT2D eigenvalue weighted by atomic mass is 16.5. The average molecular weight is 308 g/mol. The van der Waals surface area contributed by atoms with Gasteiger partial charge in [0.1, 0.15) is 0 Å². The molecule has 3 rings (SSSR count).